The second-order valence-electron chi connectivity index (χ2n) is 10.2. The topological polar surface area (TPSA) is 147 Å². The smallest absolute Gasteiger partial charge is 0.310 e. The number of esters is 1. The van der Waals surface area contributed by atoms with Crippen molar-refractivity contribution in [3.63, 3.8) is 0 Å². The Balaban J connectivity index is 1.39. The van der Waals surface area contributed by atoms with Crippen molar-refractivity contribution in [2.24, 2.45) is 11.3 Å². The first-order valence-corrected chi connectivity index (χ1v) is 12.3. The third kappa shape index (κ3) is 4.32. The van der Waals surface area contributed by atoms with Crippen LogP contribution in [0, 0.1) is 18.3 Å². The fourth-order valence-electron chi connectivity index (χ4n) is 5.01. The first-order chi connectivity index (χ1) is 18.1. The maximum Gasteiger partial charge on any atom is 0.310 e. The number of hydrogen-bond donors (Lipinski definition) is 3. The van der Waals surface area contributed by atoms with Gasteiger partial charge in [-0.1, -0.05) is 13.0 Å². The van der Waals surface area contributed by atoms with E-state index >= 15 is 0 Å². The molecular weight excluding hydrogens is 494 g/mol. The molecule has 0 saturated carbocycles. The summed E-state index contributed by atoms with van der Waals surface area (Å²) in [6, 6.07) is 7.73. The molecule has 0 unspecified atom stereocenters. The van der Waals surface area contributed by atoms with E-state index in [0.717, 1.165) is 0 Å². The van der Waals surface area contributed by atoms with Gasteiger partial charge < -0.3 is 34.5 Å². The number of para-hydroxylation sites is 1. The number of amides is 1. The highest BCUT2D eigenvalue weighted by atomic mass is 16.5. The monoisotopic (exact) mass is 523 g/mol. The number of ether oxygens (including phenoxy) is 2. The third-order valence-corrected chi connectivity index (χ3v) is 7.34. The van der Waals surface area contributed by atoms with E-state index in [1.807, 2.05) is 26.0 Å². The highest BCUT2D eigenvalue weighted by Crippen LogP contribution is 2.43. The second kappa shape index (κ2) is 9.64. The van der Waals surface area contributed by atoms with Gasteiger partial charge in [0.1, 0.15) is 22.9 Å². The Hall–Kier alpha value is -4.12. The zero-order valence-corrected chi connectivity index (χ0v) is 21.3. The fraction of sp³-hybridized carbons (Fsp3) is 0.407. The van der Waals surface area contributed by atoms with Crippen LogP contribution in [0.5, 0.6) is 5.75 Å². The van der Waals surface area contributed by atoms with Crippen LogP contribution >= 0.6 is 0 Å². The van der Waals surface area contributed by atoms with Crippen LogP contribution in [-0.2, 0) is 14.3 Å². The molecule has 0 spiro atoms. The Labute approximate surface area is 218 Å². The molecule has 0 bridgehead atoms. The number of aromatic hydroxyl groups is 1. The number of rotatable bonds is 8. The standard InChI is InChI=1S/C27H29N3O8/c1-14-7-8-18(38-14)24(27(2)12-37-13-27)29-20-19(22(32)23(20)33)28-17-6-4-5-16(21(17)31)25(34)30-10-9-15(11-30)26(35)36-3/h4-8,15,24,28-29,31H,9-13H2,1-3H3/t15-,24+/m1/s1. The van der Waals surface area contributed by atoms with E-state index in [-0.39, 0.29) is 46.3 Å². The Morgan fingerprint density at radius 2 is 1.89 bits per heavy atom. The highest BCUT2D eigenvalue weighted by Gasteiger charge is 2.45. The van der Waals surface area contributed by atoms with Crippen molar-refractivity contribution >= 4 is 28.9 Å². The number of carbonyl (C=O) groups excluding carboxylic acids is 2. The van der Waals surface area contributed by atoms with Crippen LogP contribution in [0.15, 0.2) is 44.3 Å². The Morgan fingerprint density at radius 1 is 1.16 bits per heavy atom. The Morgan fingerprint density at radius 3 is 2.53 bits per heavy atom. The summed E-state index contributed by atoms with van der Waals surface area (Å²) in [5.74, 6) is -0.299. The summed E-state index contributed by atoms with van der Waals surface area (Å²) in [6.07, 6.45) is 0.468. The van der Waals surface area contributed by atoms with Crippen molar-refractivity contribution in [2.75, 3.05) is 44.0 Å². The van der Waals surface area contributed by atoms with E-state index in [4.69, 9.17) is 13.9 Å². The third-order valence-electron chi connectivity index (χ3n) is 7.34. The van der Waals surface area contributed by atoms with Crippen LogP contribution in [0.2, 0.25) is 0 Å². The van der Waals surface area contributed by atoms with Crippen LogP contribution in [-0.4, -0.2) is 55.3 Å². The molecule has 0 radical (unpaired) electrons. The molecule has 2 atom stereocenters. The molecule has 3 N–H and O–H groups in total. The predicted octanol–water partition coefficient (Wildman–Crippen LogP) is 2.46. The number of phenols is 1. The van der Waals surface area contributed by atoms with Crippen molar-refractivity contribution in [1.29, 1.82) is 0 Å². The Kier molecular flexibility index (Phi) is 6.47. The molecule has 11 heteroatoms. The van der Waals surface area contributed by atoms with Gasteiger partial charge in [0.2, 0.25) is 0 Å². The quantitative estimate of drug-likeness (QED) is 0.228. The largest absolute Gasteiger partial charge is 0.505 e. The lowest BCUT2D eigenvalue weighted by Crippen LogP contribution is -2.49. The molecule has 1 amide bonds. The van der Waals surface area contributed by atoms with E-state index in [1.165, 1.54) is 24.1 Å². The molecule has 38 heavy (non-hydrogen) atoms. The van der Waals surface area contributed by atoms with Crippen molar-refractivity contribution < 1.29 is 28.6 Å². The normalized spacial score (nSPS) is 19.1. The molecule has 2 aliphatic heterocycles. The zero-order valence-electron chi connectivity index (χ0n) is 21.3. The molecule has 11 nitrogen and oxygen atoms in total. The highest BCUT2D eigenvalue weighted by molar-refractivity contribution is 5.99. The van der Waals surface area contributed by atoms with Crippen molar-refractivity contribution in [1.82, 2.24) is 4.90 Å². The summed E-state index contributed by atoms with van der Waals surface area (Å²) in [6.45, 7) is 5.23. The van der Waals surface area contributed by atoms with Gasteiger partial charge in [-0.15, -0.1) is 0 Å². The lowest BCUT2D eigenvalue weighted by molar-refractivity contribution is -0.144. The van der Waals surface area contributed by atoms with Gasteiger partial charge in [-0.3, -0.25) is 19.2 Å². The summed E-state index contributed by atoms with van der Waals surface area (Å²) < 4.78 is 16.0. The van der Waals surface area contributed by atoms with Crippen molar-refractivity contribution in [3.8, 4) is 5.75 Å². The van der Waals surface area contributed by atoms with Crippen molar-refractivity contribution in [2.45, 2.75) is 26.3 Å². The van der Waals surface area contributed by atoms with Crippen LogP contribution in [0.25, 0.3) is 0 Å². The number of nitrogens with zero attached hydrogens (tertiary/aromatic N) is 1. The molecule has 2 aromatic carbocycles. The maximum absolute atomic E-state index is 13.1. The van der Waals surface area contributed by atoms with Crippen LogP contribution < -0.4 is 21.5 Å². The maximum atomic E-state index is 13.1. The number of likely N-dealkylation sites (tertiary alicyclic amines) is 1. The first kappa shape index (κ1) is 25.5. The average Bonchev–Trinajstić information content (AvgIpc) is 3.56. The van der Waals surface area contributed by atoms with Gasteiger partial charge in [0.25, 0.3) is 16.8 Å². The lowest BCUT2D eigenvalue weighted by atomic mass is 9.79. The first-order valence-electron chi connectivity index (χ1n) is 12.3. The summed E-state index contributed by atoms with van der Waals surface area (Å²) >= 11 is 0. The summed E-state index contributed by atoms with van der Waals surface area (Å²) in [4.78, 5) is 51.5. The molecular formula is C27H29N3O8. The van der Waals surface area contributed by atoms with Gasteiger partial charge in [0, 0.05) is 18.5 Å². The number of carbonyl (C=O) groups is 2. The molecule has 2 fully saturated rings. The molecule has 3 aromatic rings. The number of nitrogens with one attached hydrogen (secondary N) is 2. The van der Waals surface area contributed by atoms with Crippen LogP contribution in [0.3, 0.4) is 0 Å². The van der Waals surface area contributed by atoms with E-state index < -0.39 is 28.7 Å². The second-order valence-corrected chi connectivity index (χ2v) is 10.2. The van der Waals surface area contributed by atoms with E-state index in [9.17, 15) is 24.3 Å². The van der Waals surface area contributed by atoms with Crippen LogP contribution in [0.4, 0.5) is 17.1 Å². The average molecular weight is 524 g/mol. The number of furan rings is 1. The summed E-state index contributed by atoms with van der Waals surface area (Å²) in [7, 11) is 1.30. The van der Waals surface area contributed by atoms with Gasteiger partial charge in [-0.2, -0.15) is 0 Å². The number of hydrogen-bond acceptors (Lipinski definition) is 10. The van der Waals surface area contributed by atoms with Crippen molar-refractivity contribution in [3.05, 3.63) is 67.9 Å². The number of methoxy groups -OCH3 is 1. The molecule has 3 heterocycles. The number of aryl methyl sites for hydroxylation is 1. The van der Waals surface area contributed by atoms with E-state index in [0.29, 0.717) is 37.7 Å². The predicted molar refractivity (Wildman–Crippen MR) is 138 cm³/mol. The number of benzene rings is 1. The fourth-order valence-corrected chi connectivity index (χ4v) is 5.01. The number of anilines is 3. The molecule has 2 aliphatic rings. The summed E-state index contributed by atoms with van der Waals surface area (Å²) in [5, 5.41) is 16.9. The SMILES string of the molecule is COC(=O)[C@@H]1CCN(C(=O)c2cccc(Nc3c(N[C@@H](c4ccc(C)o4)C4(C)COC4)c(=O)c3=O)c2O)C1. The van der Waals surface area contributed by atoms with Crippen LogP contribution in [0.1, 0.15) is 41.3 Å². The van der Waals surface area contributed by atoms with E-state index in [1.54, 1.807) is 6.07 Å². The Bertz CT molecular complexity index is 1460. The van der Waals surface area contributed by atoms with Gasteiger partial charge >= 0.3 is 5.97 Å². The lowest BCUT2D eigenvalue weighted by Gasteiger charge is -2.44. The van der Waals surface area contributed by atoms with Gasteiger partial charge in [0.15, 0.2) is 5.75 Å². The summed E-state index contributed by atoms with van der Waals surface area (Å²) in [5.41, 5.74) is -1.64. The molecule has 0 aliphatic carbocycles. The minimum absolute atomic E-state index is 0.0109. The molecule has 5 rings (SSSR count). The molecule has 200 valence electrons. The molecule has 1 aromatic heterocycles. The minimum atomic E-state index is -0.742. The zero-order chi connectivity index (χ0) is 27.2. The van der Waals surface area contributed by atoms with Gasteiger partial charge in [-0.05, 0) is 37.6 Å². The van der Waals surface area contributed by atoms with Gasteiger partial charge in [0.05, 0.1) is 43.5 Å². The number of phenolic OH excluding ortho intramolecular Hbond substituents is 1. The minimum Gasteiger partial charge on any atom is -0.505 e. The molecule has 2 saturated heterocycles. The van der Waals surface area contributed by atoms with Gasteiger partial charge in [-0.25, -0.2) is 0 Å². The van der Waals surface area contributed by atoms with E-state index in [2.05, 4.69) is 10.6 Å².